The van der Waals surface area contributed by atoms with Crippen molar-refractivity contribution in [2.24, 2.45) is 5.73 Å². The molecular weight excluding hydrogens is 246 g/mol. The lowest BCUT2D eigenvalue weighted by molar-refractivity contribution is -0.131. The standard InChI is InChI=1S/C13H17N3O3/c1-15-10(5-14)6-16(7-13(15)17)9-2-3-11-12(4-9)19-8-18-11/h2-4,10H,5-8,14H2,1H3. The molecule has 1 aromatic rings. The van der Waals surface area contributed by atoms with E-state index in [0.717, 1.165) is 23.7 Å². The summed E-state index contributed by atoms with van der Waals surface area (Å²) in [5.74, 6) is 1.56. The zero-order valence-electron chi connectivity index (χ0n) is 10.8. The molecule has 1 unspecified atom stereocenters. The molecule has 1 saturated heterocycles. The first-order chi connectivity index (χ1) is 9.19. The van der Waals surface area contributed by atoms with E-state index in [1.54, 1.807) is 11.9 Å². The van der Waals surface area contributed by atoms with Crippen molar-refractivity contribution in [3.63, 3.8) is 0 Å². The number of ether oxygens (including phenoxy) is 2. The van der Waals surface area contributed by atoms with E-state index in [2.05, 4.69) is 0 Å². The number of rotatable bonds is 2. The second-order valence-electron chi connectivity index (χ2n) is 4.81. The number of piperazine rings is 1. The number of amides is 1. The molecule has 19 heavy (non-hydrogen) atoms. The predicted molar refractivity (Wildman–Crippen MR) is 70.4 cm³/mol. The van der Waals surface area contributed by atoms with E-state index >= 15 is 0 Å². The summed E-state index contributed by atoms with van der Waals surface area (Å²) in [5, 5.41) is 0. The van der Waals surface area contributed by atoms with Gasteiger partial charge in [-0.05, 0) is 12.1 Å². The third-order valence-electron chi connectivity index (χ3n) is 3.69. The van der Waals surface area contributed by atoms with Crippen molar-refractivity contribution < 1.29 is 14.3 Å². The summed E-state index contributed by atoms with van der Waals surface area (Å²) in [7, 11) is 1.80. The van der Waals surface area contributed by atoms with Gasteiger partial charge < -0.3 is 25.0 Å². The van der Waals surface area contributed by atoms with E-state index in [-0.39, 0.29) is 18.7 Å². The third kappa shape index (κ3) is 2.08. The van der Waals surface area contributed by atoms with Crippen molar-refractivity contribution in [2.45, 2.75) is 6.04 Å². The van der Waals surface area contributed by atoms with Crippen molar-refractivity contribution in [2.75, 3.05) is 38.4 Å². The van der Waals surface area contributed by atoms with Crippen molar-refractivity contribution in [1.29, 1.82) is 0 Å². The summed E-state index contributed by atoms with van der Waals surface area (Å²) in [6, 6.07) is 5.78. The lowest BCUT2D eigenvalue weighted by Crippen LogP contribution is -2.57. The van der Waals surface area contributed by atoms with Gasteiger partial charge in [0.15, 0.2) is 11.5 Å². The van der Waals surface area contributed by atoms with Crippen LogP contribution < -0.4 is 20.1 Å². The molecule has 0 radical (unpaired) electrons. The highest BCUT2D eigenvalue weighted by Crippen LogP contribution is 2.35. The van der Waals surface area contributed by atoms with Crippen molar-refractivity contribution >= 4 is 11.6 Å². The number of likely N-dealkylation sites (N-methyl/N-ethyl adjacent to an activating group) is 1. The summed E-state index contributed by atoms with van der Waals surface area (Å²) in [4.78, 5) is 15.7. The highest BCUT2D eigenvalue weighted by Gasteiger charge is 2.29. The first-order valence-electron chi connectivity index (χ1n) is 6.29. The fourth-order valence-electron chi connectivity index (χ4n) is 2.43. The molecule has 0 bridgehead atoms. The second kappa shape index (κ2) is 4.62. The van der Waals surface area contributed by atoms with E-state index in [1.807, 2.05) is 23.1 Å². The molecule has 6 heteroatoms. The molecule has 1 atom stereocenters. The van der Waals surface area contributed by atoms with Gasteiger partial charge in [0, 0.05) is 31.9 Å². The SMILES string of the molecule is CN1C(=O)CN(c2ccc3c(c2)OCO3)CC1CN. The van der Waals surface area contributed by atoms with Gasteiger partial charge in [-0.2, -0.15) is 0 Å². The Kier molecular flexibility index (Phi) is 2.94. The normalized spacial score (nSPS) is 22.0. The Morgan fingerprint density at radius 2 is 2.16 bits per heavy atom. The maximum absolute atomic E-state index is 12.0. The van der Waals surface area contributed by atoms with Crippen molar-refractivity contribution in [3.05, 3.63) is 18.2 Å². The van der Waals surface area contributed by atoms with E-state index < -0.39 is 0 Å². The highest BCUT2D eigenvalue weighted by atomic mass is 16.7. The topological polar surface area (TPSA) is 68.0 Å². The van der Waals surface area contributed by atoms with Crippen LogP contribution in [0.15, 0.2) is 18.2 Å². The molecule has 2 aliphatic heterocycles. The van der Waals surface area contributed by atoms with Gasteiger partial charge in [0.25, 0.3) is 0 Å². The Balaban J connectivity index is 1.84. The molecule has 0 aliphatic carbocycles. The number of benzene rings is 1. The summed E-state index contributed by atoms with van der Waals surface area (Å²) in [6.45, 7) is 1.82. The molecule has 6 nitrogen and oxygen atoms in total. The van der Waals surface area contributed by atoms with Crippen LogP contribution in [0.5, 0.6) is 11.5 Å². The average Bonchev–Trinajstić information content (AvgIpc) is 2.89. The molecule has 0 aromatic heterocycles. The molecule has 1 fully saturated rings. The minimum Gasteiger partial charge on any atom is -0.454 e. The minimum atomic E-state index is 0.0478. The molecular formula is C13H17N3O3. The van der Waals surface area contributed by atoms with Gasteiger partial charge in [-0.25, -0.2) is 0 Å². The minimum absolute atomic E-state index is 0.0478. The highest BCUT2D eigenvalue weighted by molar-refractivity contribution is 5.83. The van der Waals surface area contributed by atoms with Crippen LogP contribution in [0, 0.1) is 0 Å². The van der Waals surface area contributed by atoms with E-state index in [4.69, 9.17) is 15.2 Å². The van der Waals surface area contributed by atoms with Crippen LogP contribution in [0.3, 0.4) is 0 Å². The molecule has 2 N–H and O–H groups in total. The van der Waals surface area contributed by atoms with Crippen molar-refractivity contribution in [3.8, 4) is 11.5 Å². The third-order valence-corrected chi connectivity index (χ3v) is 3.69. The summed E-state index contributed by atoms with van der Waals surface area (Å²) in [6.07, 6.45) is 0. The van der Waals surface area contributed by atoms with Crippen LogP contribution in [0.25, 0.3) is 0 Å². The fourth-order valence-corrected chi connectivity index (χ4v) is 2.43. The Hall–Kier alpha value is -1.95. The lowest BCUT2D eigenvalue weighted by atomic mass is 10.1. The number of nitrogens with zero attached hydrogens (tertiary/aromatic N) is 2. The number of anilines is 1. The number of hydrogen-bond acceptors (Lipinski definition) is 5. The Morgan fingerprint density at radius 3 is 2.95 bits per heavy atom. The van der Waals surface area contributed by atoms with Crippen LogP contribution in [-0.2, 0) is 4.79 Å². The van der Waals surface area contributed by atoms with Crippen LogP contribution in [-0.4, -0.2) is 50.3 Å². The number of nitrogens with two attached hydrogens (primary N) is 1. The van der Waals surface area contributed by atoms with E-state index in [9.17, 15) is 4.79 Å². The van der Waals surface area contributed by atoms with Gasteiger partial charge in [0.05, 0.1) is 12.6 Å². The fraction of sp³-hybridized carbons (Fsp3) is 0.462. The quantitative estimate of drug-likeness (QED) is 0.815. The Morgan fingerprint density at radius 1 is 1.37 bits per heavy atom. The zero-order chi connectivity index (χ0) is 13.4. The molecule has 102 valence electrons. The van der Waals surface area contributed by atoms with Gasteiger partial charge in [-0.1, -0.05) is 0 Å². The first kappa shape index (κ1) is 12.1. The first-order valence-corrected chi connectivity index (χ1v) is 6.29. The molecule has 2 aliphatic rings. The number of carbonyl (C=O) groups excluding carboxylic acids is 1. The largest absolute Gasteiger partial charge is 0.454 e. The molecule has 1 aromatic carbocycles. The van der Waals surface area contributed by atoms with Gasteiger partial charge in [0.1, 0.15) is 0 Å². The molecule has 1 amide bonds. The van der Waals surface area contributed by atoms with Crippen LogP contribution >= 0.6 is 0 Å². The van der Waals surface area contributed by atoms with Gasteiger partial charge in [0.2, 0.25) is 12.7 Å². The Labute approximate surface area is 111 Å². The second-order valence-corrected chi connectivity index (χ2v) is 4.81. The van der Waals surface area contributed by atoms with Crippen LogP contribution in [0.2, 0.25) is 0 Å². The summed E-state index contributed by atoms with van der Waals surface area (Å²) in [5.41, 5.74) is 6.68. The molecule has 2 heterocycles. The maximum atomic E-state index is 12.0. The van der Waals surface area contributed by atoms with Gasteiger partial charge >= 0.3 is 0 Å². The smallest absolute Gasteiger partial charge is 0.242 e. The monoisotopic (exact) mass is 263 g/mol. The molecule has 3 rings (SSSR count). The van der Waals surface area contributed by atoms with Crippen LogP contribution in [0.1, 0.15) is 0 Å². The van der Waals surface area contributed by atoms with E-state index in [1.165, 1.54) is 0 Å². The average molecular weight is 263 g/mol. The van der Waals surface area contributed by atoms with Gasteiger partial charge in [-0.3, -0.25) is 4.79 Å². The molecule has 0 saturated carbocycles. The Bertz CT molecular complexity index is 506. The van der Waals surface area contributed by atoms with E-state index in [0.29, 0.717) is 13.1 Å². The van der Waals surface area contributed by atoms with Crippen molar-refractivity contribution in [1.82, 2.24) is 4.90 Å². The van der Waals surface area contributed by atoms with Crippen LogP contribution in [0.4, 0.5) is 5.69 Å². The lowest BCUT2D eigenvalue weighted by Gasteiger charge is -2.39. The summed E-state index contributed by atoms with van der Waals surface area (Å²) < 4.78 is 10.6. The predicted octanol–water partition coefficient (Wildman–Crippen LogP) is 0.0210. The van der Waals surface area contributed by atoms with Gasteiger partial charge in [-0.15, -0.1) is 0 Å². The number of fused-ring (bicyclic) bond motifs is 1. The molecule has 0 spiro atoms. The maximum Gasteiger partial charge on any atom is 0.242 e. The summed E-state index contributed by atoms with van der Waals surface area (Å²) >= 11 is 0. The number of carbonyl (C=O) groups is 1. The zero-order valence-corrected chi connectivity index (χ0v) is 10.8. The number of hydrogen-bond donors (Lipinski definition) is 1.